The molecule has 1 amide bonds. The van der Waals surface area contributed by atoms with Gasteiger partial charge in [0.2, 0.25) is 5.91 Å². The first-order valence-corrected chi connectivity index (χ1v) is 11.1. The fourth-order valence-corrected chi connectivity index (χ4v) is 3.96. The summed E-state index contributed by atoms with van der Waals surface area (Å²) in [6.45, 7) is 1.92. The first kappa shape index (κ1) is 22.2. The molecule has 174 valence electrons. The summed E-state index contributed by atoms with van der Waals surface area (Å²) < 4.78 is 16.5. The van der Waals surface area contributed by atoms with Gasteiger partial charge in [-0.1, -0.05) is 30.3 Å². The van der Waals surface area contributed by atoms with Crippen molar-refractivity contribution in [1.29, 1.82) is 0 Å². The molecular formula is C27H22FN5O2. The number of hydrogen-bond donors (Lipinski definition) is 1. The standard InChI is InChI=1S/C27H22FN5O2/c1-18-6-5-9-23-25(18)30-17-32(27(23)35)16-24(34)29-14-20-15-33(22-7-3-2-4-8-22)31-26(20)19-10-12-21(28)13-11-19/h2-13,15,17H,14,16H2,1H3,(H,29,34). The number of nitrogens with zero attached hydrogens (tertiary/aromatic N) is 4. The van der Waals surface area contributed by atoms with Crippen LogP contribution < -0.4 is 10.9 Å². The topological polar surface area (TPSA) is 81.8 Å². The normalized spacial score (nSPS) is 11.0. The Labute approximate surface area is 200 Å². The third kappa shape index (κ3) is 4.59. The first-order valence-electron chi connectivity index (χ1n) is 11.1. The lowest BCUT2D eigenvalue weighted by atomic mass is 10.1. The quantitative estimate of drug-likeness (QED) is 0.409. The lowest BCUT2D eigenvalue weighted by Crippen LogP contribution is -2.32. The van der Waals surface area contributed by atoms with E-state index in [1.54, 1.807) is 28.9 Å². The van der Waals surface area contributed by atoms with Gasteiger partial charge in [-0.3, -0.25) is 14.2 Å². The fourth-order valence-electron chi connectivity index (χ4n) is 3.96. The minimum absolute atomic E-state index is 0.158. The zero-order valence-corrected chi connectivity index (χ0v) is 19.0. The highest BCUT2D eigenvalue weighted by atomic mass is 19.1. The van der Waals surface area contributed by atoms with Crippen LogP contribution in [0.4, 0.5) is 4.39 Å². The maximum Gasteiger partial charge on any atom is 0.261 e. The Balaban J connectivity index is 1.39. The van der Waals surface area contributed by atoms with E-state index in [0.717, 1.165) is 22.4 Å². The summed E-state index contributed by atoms with van der Waals surface area (Å²) in [7, 11) is 0. The van der Waals surface area contributed by atoms with E-state index in [2.05, 4.69) is 15.4 Å². The highest BCUT2D eigenvalue weighted by molar-refractivity contribution is 5.81. The van der Waals surface area contributed by atoms with Crippen LogP contribution in [0.3, 0.4) is 0 Å². The molecule has 0 fully saturated rings. The number of benzene rings is 3. The van der Waals surface area contributed by atoms with Crippen LogP contribution in [-0.4, -0.2) is 25.2 Å². The van der Waals surface area contributed by atoms with Crippen molar-refractivity contribution in [1.82, 2.24) is 24.6 Å². The second-order valence-corrected chi connectivity index (χ2v) is 8.22. The van der Waals surface area contributed by atoms with E-state index in [1.165, 1.54) is 23.0 Å². The molecule has 0 saturated carbocycles. The van der Waals surface area contributed by atoms with E-state index < -0.39 is 0 Å². The van der Waals surface area contributed by atoms with E-state index in [0.29, 0.717) is 16.6 Å². The Kier molecular flexibility index (Phi) is 5.93. The van der Waals surface area contributed by atoms with Crippen LogP contribution >= 0.6 is 0 Å². The third-order valence-electron chi connectivity index (χ3n) is 5.77. The molecule has 7 nitrogen and oxygen atoms in total. The lowest BCUT2D eigenvalue weighted by Gasteiger charge is -2.09. The van der Waals surface area contributed by atoms with Gasteiger partial charge in [0.15, 0.2) is 0 Å². The van der Waals surface area contributed by atoms with E-state index in [1.807, 2.05) is 49.5 Å². The van der Waals surface area contributed by atoms with Gasteiger partial charge in [-0.25, -0.2) is 14.1 Å². The van der Waals surface area contributed by atoms with Gasteiger partial charge in [0, 0.05) is 23.9 Å². The molecule has 8 heteroatoms. The van der Waals surface area contributed by atoms with Crippen LogP contribution in [0.2, 0.25) is 0 Å². The molecule has 0 spiro atoms. The zero-order chi connectivity index (χ0) is 24.4. The predicted molar refractivity (Wildman–Crippen MR) is 132 cm³/mol. The zero-order valence-electron chi connectivity index (χ0n) is 19.0. The fraction of sp³-hybridized carbons (Fsp3) is 0.111. The van der Waals surface area contributed by atoms with Gasteiger partial charge in [-0.15, -0.1) is 0 Å². The molecule has 0 aliphatic carbocycles. The number of fused-ring (bicyclic) bond motifs is 1. The SMILES string of the molecule is Cc1cccc2c(=O)n(CC(=O)NCc3cn(-c4ccccc4)nc3-c3ccc(F)cc3)cnc12. The van der Waals surface area contributed by atoms with E-state index in [9.17, 15) is 14.0 Å². The maximum atomic E-state index is 13.5. The van der Waals surface area contributed by atoms with Crippen molar-refractivity contribution in [2.75, 3.05) is 0 Å². The third-order valence-corrected chi connectivity index (χ3v) is 5.77. The van der Waals surface area contributed by atoms with Crippen LogP contribution in [0.5, 0.6) is 0 Å². The molecule has 0 unspecified atom stereocenters. The molecule has 2 aromatic heterocycles. The van der Waals surface area contributed by atoms with Gasteiger partial charge >= 0.3 is 0 Å². The summed E-state index contributed by atoms with van der Waals surface area (Å²) in [5, 5.41) is 8.02. The van der Waals surface area contributed by atoms with Gasteiger partial charge in [0.1, 0.15) is 12.4 Å². The summed E-state index contributed by atoms with van der Waals surface area (Å²) in [5.74, 6) is -0.672. The Hall–Kier alpha value is -4.59. The molecular weight excluding hydrogens is 445 g/mol. The number of para-hydroxylation sites is 2. The summed E-state index contributed by atoms with van der Waals surface area (Å²) in [5.41, 5.74) is 4.25. The van der Waals surface area contributed by atoms with Crippen molar-refractivity contribution >= 4 is 16.8 Å². The minimum Gasteiger partial charge on any atom is -0.350 e. The van der Waals surface area contributed by atoms with Crippen molar-refractivity contribution in [2.45, 2.75) is 20.0 Å². The van der Waals surface area contributed by atoms with Crippen molar-refractivity contribution in [3.05, 3.63) is 113 Å². The molecule has 3 aromatic carbocycles. The van der Waals surface area contributed by atoms with Gasteiger partial charge in [0.25, 0.3) is 5.56 Å². The average molecular weight is 468 g/mol. The number of halogens is 1. The lowest BCUT2D eigenvalue weighted by molar-refractivity contribution is -0.121. The van der Waals surface area contributed by atoms with Crippen LogP contribution in [0, 0.1) is 12.7 Å². The van der Waals surface area contributed by atoms with E-state index in [4.69, 9.17) is 0 Å². The molecule has 0 aliphatic heterocycles. The largest absolute Gasteiger partial charge is 0.350 e. The average Bonchev–Trinajstić information content (AvgIpc) is 3.30. The Morgan fingerprint density at radius 2 is 1.77 bits per heavy atom. The first-order chi connectivity index (χ1) is 17.0. The number of carbonyl (C=O) groups excluding carboxylic acids is 1. The van der Waals surface area contributed by atoms with Crippen LogP contribution in [0.25, 0.3) is 27.8 Å². The molecule has 35 heavy (non-hydrogen) atoms. The van der Waals surface area contributed by atoms with Crippen molar-refractivity contribution < 1.29 is 9.18 Å². The monoisotopic (exact) mass is 467 g/mol. The Morgan fingerprint density at radius 3 is 2.54 bits per heavy atom. The van der Waals surface area contributed by atoms with Gasteiger partial charge in [0.05, 0.1) is 28.6 Å². The predicted octanol–water partition coefficient (Wildman–Crippen LogP) is 4.01. The summed E-state index contributed by atoms with van der Waals surface area (Å²) in [4.78, 5) is 29.9. The molecule has 0 atom stereocenters. The number of carbonyl (C=O) groups is 1. The number of aryl methyl sites for hydroxylation is 1. The van der Waals surface area contributed by atoms with Gasteiger partial charge in [-0.2, -0.15) is 5.10 Å². The molecule has 1 N–H and O–H groups in total. The Bertz CT molecular complexity index is 1570. The number of amides is 1. The van der Waals surface area contributed by atoms with Crippen molar-refractivity contribution in [2.24, 2.45) is 0 Å². The molecule has 5 aromatic rings. The highest BCUT2D eigenvalue weighted by Gasteiger charge is 2.15. The molecule has 0 aliphatic rings. The smallest absolute Gasteiger partial charge is 0.261 e. The van der Waals surface area contributed by atoms with Crippen LogP contribution in [0.1, 0.15) is 11.1 Å². The summed E-state index contributed by atoms with van der Waals surface area (Å²) >= 11 is 0. The molecule has 5 rings (SSSR count). The number of rotatable bonds is 6. The maximum absolute atomic E-state index is 13.5. The van der Waals surface area contributed by atoms with Crippen LogP contribution in [-0.2, 0) is 17.9 Å². The molecule has 2 heterocycles. The number of hydrogen-bond acceptors (Lipinski definition) is 4. The van der Waals surface area contributed by atoms with Crippen LogP contribution in [0.15, 0.2) is 90.1 Å². The van der Waals surface area contributed by atoms with Gasteiger partial charge < -0.3 is 5.32 Å². The van der Waals surface area contributed by atoms with E-state index in [-0.39, 0.29) is 30.4 Å². The van der Waals surface area contributed by atoms with E-state index >= 15 is 0 Å². The second-order valence-electron chi connectivity index (χ2n) is 8.22. The molecule has 0 saturated heterocycles. The number of aromatic nitrogens is 4. The molecule has 0 bridgehead atoms. The summed E-state index contributed by atoms with van der Waals surface area (Å²) in [6.07, 6.45) is 3.23. The minimum atomic E-state index is -0.337. The summed E-state index contributed by atoms with van der Waals surface area (Å²) in [6, 6.07) is 21.0. The number of nitrogens with one attached hydrogen (secondary N) is 1. The molecule has 0 radical (unpaired) electrons. The van der Waals surface area contributed by atoms with Crippen molar-refractivity contribution in [3.8, 4) is 16.9 Å². The second kappa shape index (κ2) is 9.34. The highest BCUT2D eigenvalue weighted by Crippen LogP contribution is 2.24. The Morgan fingerprint density at radius 1 is 1.00 bits per heavy atom. The van der Waals surface area contributed by atoms with Crippen molar-refractivity contribution in [3.63, 3.8) is 0 Å². The van der Waals surface area contributed by atoms with Gasteiger partial charge in [-0.05, 0) is 55.0 Å².